The van der Waals surface area contributed by atoms with Crippen molar-refractivity contribution in [3.05, 3.63) is 28.8 Å². The minimum atomic E-state index is 0.638. The molecule has 0 amide bonds. The zero-order valence-corrected chi connectivity index (χ0v) is 15.0. The van der Waals surface area contributed by atoms with E-state index < -0.39 is 0 Å². The van der Waals surface area contributed by atoms with Crippen LogP contribution in [-0.2, 0) is 6.54 Å². The predicted molar refractivity (Wildman–Crippen MR) is 95.3 cm³/mol. The van der Waals surface area contributed by atoms with E-state index in [1.54, 1.807) is 0 Å². The summed E-state index contributed by atoms with van der Waals surface area (Å²) < 4.78 is 0. The third-order valence-electron chi connectivity index (χ3n) is 3.33. The van der Waals surface area contributed by atoms with Gasteiger partial charge in [0.1, 0.15) is 0 Å². The molecule has 1 rings (SSSR count). The molecule has 0 spiro atoms. The molecule has 0 heterocycles. The Bertz CT molecular complexity index is 406. The summed E-state index contributed by atoms with van der Waals surface area (Å²) in [5.41, 5.74) is 2.52. The number of nitrogens with zero attached hydrogens (tertiary/aromatic N) is 1. The summed E-state index contributed by atoms with van der Waals surface area (Å²) in [6, 6.07) is 6.27. The van der Waals surface area contributed by atoms with Gasteiger partial charge in [-0.3, -0.25) is 0 Å². The van der Waals surface area contributed by atoms with Crippen LogP contribution in [0, 0.1) is 11.8 Å². The molecule has 0 bridgehead atoms. The zero-order valence-electron chi connectivity index (χ0n) is 14.2. The Morgan fingerprint density at radius 1 is 1.10 bits per heavy atom. The van der Waals surface area contributed by atoms with E-state index in [1.807, 2.05) is 6.07 Å². The molecular weight excluding hydrogens is 280 g/mol. The summed E-state index contributed by atoms with van der Waals surface area (Å²) in [6.45, 7) is 15.3. The molecule has 0 saturated carbocycles. The van der Waals surface area contributed by atoms with Crippen molar-refractivity contribution in [2.45, 2.75) is 47.6 Å². The van der Waals surface area contributed by atoms with Gasteiger partial charge >= 0.3 is 0 Å². The number of benzene rings is 1. The van der Waals surface area contributed by atoms with Gasteiger partial charge in [0.2, 0.25) is 0 Å². The average Bonchev–Trinajstić information content (AvgIpc) is 2.39. The van der Waals surface area contributed by atoms with Crippen LogP contribution in [0.4, 0.5) is 5.69 Å². The van der Waals surface area contributed by atoms with Crippen molar-refractivity contribution in [1.82, 2.24) is 5.32 Å². The van der Waals surface area contributed by atoms with Gasteiger partial charge in [0, 0.05) is 35.9 Å². The molecule has 1 aromatic carbocycles. The summed E-state index contributed by atoms with van der Waals surface area (Å²) in [5, 5.41) is 4.35. The maximum absolute atomic E-state index is 6.46. The zero-order chi connectivity index (χ0) is 15.8. The molecule has 0 unspecified atom stereocenters. The minimum absolute atomic E-state index is 0.638. The highest BCUT2D eigenvalue weighted by Gasteiger charge is 2.16. The van der Waals surface area contributed by atoms with Crippen molar-refractivity contribution in [3.63, 3.8) is 0 Å². The number of halogens is 1. The van der Waals surface area contributed by atoms with E-state index in [1.165, 1.54) is 11.3 Å². The van der Waals surface area contributed by atoms with Crippen LogP contribution in [0.5, 0.6) is 0 Å². The third kappa shape index (κ3) is 6.27. The van der Waals surface area contributed by atoms with Gasteiger partial charge in [0.25, 0.3) is 0 Å². The summed E-state index contributed by atoms with van der Waals surface area (Å²) >= 11 is 6.46. The van der Waals surface area contributed by atoms with E-state index >= 15 is 0 Å². The number of hydrogen-bond donors (Lipinski definition) is 1. The summed E-state index contributed by atoms with van der Waals surface area (Å²) in [6.07, 6.45) is 1.14. The molecule has 0 atom stereocenters. The van der Waals surface area contributed by atoms with Crippen LogP contribution in [0.25, 0.3) is 0 Å². The van der Waals surface area contributed by atoms with Crippen molar-refractivity contribution >= 4 is 17.3 Å². The molecule has 120 valence electrons. The average molecular weight is 311 g/mol. The van der Waals surface area contributed by atoms with Crippen LogP contribution in [0.1, 0.15) is 46.6 Å². The van der Waals surface area contributed by atoms with Crippen LogP contribution < -0.4 is 10.2 Å². The molecule has 21 heavy (non-hydrogen) atoms. The first kappa shape index (κ1) is 18.3. The first-order valence-corrected chi connectivity index (χ1v) is 8.56. The van der Waals surface area contributed by atoms with Gasteiger partial charge in [-0.2, -0.15) is 0 Å². The highest BCUT2D eigenvalue weighted by molar-refractivity contribution is 6.31. The fraction of sp³-hybridized carbons (Fsp3) is 0.667. The van der Waals surface area contributed by atoms with Gasteiger partial charge in [-0.15, -0.1) is 0 Å². The number of nitrogens with one attached hydrogen (secondary N) is 1. The largest absolute Gasteiger partial charge is 0.371 e. The van der Waals surface area contributed by atoms with Crippen molar-refractivity contribution in [3.8, 4) is 0 Å². The maximum Gasteiger partial charge on any atom is 0.0471 e. The van der Waals surface area contributed by atoms with Crippen molar-refractivity contribution in [2.24, 2.45) is 11.8 Å². The summed E-state index contributed by atoms with van der Waals surface area (Å²) in [4.78, 5) is 2.49. The molecule has 0 radical (unpaired) electrons. The normalized spacial score (nSPS) is 11.4. The van der Waals surface area contributed by atoms with Crippen molar-refractivity contribution in [1.29, 1.82) is 0 Å². The van der Waals surface area contributed by atoms with Crippen LogP contribution in [0.3, 0.4) is 0 Å². The molecule has 0 saturated heterocycles. The fourth-order valence-electron chi connectivity index (χ4n) is 2.56. The van der Waals surface area contributed by atoms with Gasteiger partial charge in [-0.05, 0) is 36.9 Å². The van der Waals surface area contributed by atoms with Gasteiger partial charge in [0.05, 0.1) is 0 Å². The third-order valence-corrected chi connectivity index (χ3v) is 3.69. The Hall–Kier alpha value is -0.730. The number of rotatable bonds is 9. The molecule has 0 aliphatic carbocycles. The molecule has 0 aromatic heterocycles. The minimum Gasteiger partial charge on any atom is -0.371 e. The van der Waals surface area contributed by atoms with Gasteiger partial charge in [-0.25, -0.2) is 0 Å². The number of anilines is 1. The quantitative estimate of drug-likeness (QED) is 0.649. The fourth-order valence-corrected chi connectivity index (χ4v) is 2.80. The maximum atomic E-state index is 6.46. The first-order valence-electron chi connectivity index (χ1n) is 8.18. The molecule has 3 heteroatoms. The Morgan fingerprint density at radius 3 is 2.24 bits per heavy atom. The highest BCUT2D eigenvalue weighted by Crippen LogP contribution is 2.29. The van der Waals surface area contributed by atoms with Crippen molar-refractivity contribution < 1.29 is 0 Å². The molecule has 1 N–H and O–H groups in total. The lowest BCUT2D eigenvalue weighted by atomic mass is 10.1. The Labute approximate surface area is 135 Å². The standard InChI is InChI=1S/C18H31ClN2/c1-6-10-20-11-16-17(19)8-7-9-18(16)21(12-14(2)3)13-15(4)5/h7-9,14-15,20H,6,10-13H2,1-5H3. The van der Waals surface area contributed by atoms with Crippen molar-refractivity contribution in [2.75, 3.05) is 24.5 Å². The Morgan fingerprint density at radius 2 is 1.71 bits per heavy atom. The molecular formula is C18H31ClN2. The Kier molecular flexibility index (Phi) is 8.13. The lowest BCUT2D eigenvalue weighted by Crippen LogP contribution is -2.32. The second-order valence-electron chi connectivity index (χ2n) is 6.61. The molecule has 0 aliphatic heterocycles. The molecule has 1 aromatic rings. The molecule has 0 fully saturated rings. The lowest BCUT2D eigenvalue weighted by Gasteiger charge is -2.31. The highest BCUT2D eigenvalue weighted by atomic mass is 35.5. The summed E-state index contributed by atoms with van der Waals surface area (Å²) in [5.74, 6) is 1.28. The van der Waals surface area contributed by atoms with E-state index in [2.05, 4.69) is 57.0 Å². The van der Waals surface area contributed by atoms with Crippen LogP contribution in [-0.4, -0.2) is 19.6 Å². The monoisotopic (exact) mass is 310 g/mol. The lowest BCUT2D eigenvalue weighted by molar-refractivity contribution is 0.550. The smallest absolute Gasteiger partial charge is 0.0471 e. The topological polar surface area (TPSA) is 15.3 Å². The second-order valence-corrected chi connectivity index (χ2v) is 7.01. The van der Waals surface area contributed by atoms with Gasteiger partial charge in [0.15, 0.2) is 0 Å². The van der Waals surface area contributed by atoms with Gasteiger partial charge in [-0.1, -0.05) is 52.3 Å². The van der Waals surface area contributed by atoms with E-state index in [9.17, 15) is 0 Å². The molecule has 2 nitrogen and oxygen atoms in total. The van der Waals surface area contributed by atoms with Crippen LogP contribution in [0.15, 0.2) is 18.2 Å². The van der Waals surface area contributed by atoms with E-state index in [0.717, 1.165) is 37.6 Å². The first-order chi connectivity index (χ1) is 9.95. The molecule has 0 aliphatic rings. The number of hydrogen-bond acceptors (Lipinski definition) is 2. The van der Waals surface area contributed by atoms with Crippen LogP contribution in [0.2, 0.25) is 5.02 Å². The predicted octanol–water partition coefficient (Wildman–Crippen LogP) is 4.96. The Balaban J connectivity index is 3.01. The van der Waals surface area contributed by atoms with E-state index in [4.69, 9.17) is 11.6 Å². The SMILES string of the molecule is CCCNCc1c(Cl)cccc1N(CC(C)C)CC(C)C. The summed E-state index contributed by atoms with van der Waals surface area (Å²) in [7, 11) is 0. The van der Waals surface area contributed by atoms with E-state index in [0.29, 0.717) is 11.8 Å². The second kappa shape index (κ2) is 9.32. The van der Waals surface area contributed by atoms with Gasteiger partial charge < -0.3 is 10.2 Å². The van der Waals surface area contributed by atoms with E-state index in [-0.39, 0.29) is 0 Å². The van der Waals surface area contributed by atoms with Crippen LogP contribution >= 0.6 is 11.6 Å².